The fourth-order valence-electron chi connectivity index (χ4n) is 17.5. The molecule has 18 bridgehead atoms. The van der Waals surface area contributed by atoms with Gasteiger partial charge in [0, 0.05) is 67.8 Å². The molecule has 3 fully saturated rings. The molecule has 4 aliphatic rings. The van der Waals surface area contributed by atoms with E-state index in [1.807, 2.05) is 39.8 Å². The summed E-state index contributed by atoms with van der Waals surface area (Å²) in [6.45, 7) is 44.6. The van der Waals surface area contributed by atoms with E-state index in [-0.39, 0.29) is 63.8 Å². The third kappa shape index (κ3) is 37.5. The van der Waals surface area contributed by atoms with Crippen LogP contribution in [0.1, 0.15) is 241 Å². The Morgan fingerprint density at radius 2 is 0.359 bits per heavy atom. The first-order valence-electron chi connectivity index (χ1n) is 50.1. The van der Waals surface area contributed by atoms with E-state index in [4.69, 9.17) is 75.8 Å². The summed E-state index contributed by atoms with van der Waals surface area (Å²) in [5.41, 5.74) is 10.4. The molecule has 0 saturated carbocycles. The molecule has 0 aliphatic carbocycles. The van der Waals surface area contributed by atoms with Gasteiger partial charge in [-0.2, -0.15) is 0 Å². The van der Waals surface area contributed by atoms with Crippen LogP contribution in [0, 0.1) is 0 Å². The summed E-state index contributed by atoms with van der Waals surface area (Å²) in [7, 11) is -21.3. The van der Waals surface area contributed by atoms with E-state index in [1.165, 1.54) is 59.4 Å². The summed E-state index contributed by atoms with van der Waals surface area (Å²) in [5.74, 6) is 10.1. The van der Waals surface area contributed by atoms with Crippen molar-refractivity contribution in [3.05, 3.63) is 189 Å². The van der Waals surface area contributed by atoms with Crippen molar-refractivity contribution in [1.29, 1.82) is 0 Å². The molecule has 0 aromatic heterocycles. The number of hydrogen-bond donors (Lipinski definition) is 0. The summed E-state index contributed by atoms with van der Waals surface area (Å²) >= 11 is 0. The van der Waals surface area contributed by atoms with Gasteiger partial charge in [-0.3, -0.25) is 0 Å². The summed E-state index contributed by atoms with van der Waals surface area (Å²) in [6, 6.07) is 47.0. The maximum Gasteiger partial charge on any atom is -0.412 e. The number of ether oxygens (including phenoxy) is 16. The minimum atomic E-state index is -10.7. The Kier molecular flexibility index (Phi) is 44.4. The van der Waals surface area contributed by atoms with Crippen molar-refractivity contribution in [3.63, 3.8) is 0 Å². The molecule has 0 amide bonds. The summed E-state index contributed by atoms with van der Waals surface area (Å²) in [5, 5.41) is 8.18. The van der Waals surface area contributed by atoms with E-state index in [0.717, 1.165) is 272 Å². The third-order valence-electron chi connectivity index (χ3n) is 24.7. The molecular weight excluding hydrogens is 1900 g/mol. The second kappa shape index (κ2) is 53.6. The fraction of sp³-hybridized carbons (Fsp3) is 0.519. The molecule has 10 aromatic rings. The Hall–Kier alpha value is -9.46. The molecule has 0 atom stereocenters. The zero-order chi connectivity index (χ0) is 101. The Bertz CT molecular complexity index is 4730. The SMILES string of the molecule is CCCCOc1ccc2c3c(OCCCC)ccc2c1COCc1c(OCCCC)ccc2c(c(OCCCC)ccc12)COCc1c(OCCCC)ccc2c(c(OCCCC)ccc12)COCc1c(OCCCC)ccc2c(c(OCCCC)ccc12)COC3.CCOc1cc(C[N+]23CC[N+](Cc4cc(OCC)cc(OCC)c4)(CC2)CC3)cc(OCC)c1.F[P-](F)(F)(F)(F)F.F[P-](F)(F)(F)(F)F.O.O. The van der Waals surface area contributed by atoms with Crippen LogP contribution in [0.15, 0.2) is 133 Å². The Balaban J connectivity index is 0.000000403. The molecule has 14 rings (SSSR count). The smallest absolute Gasteiger partial charge is 0.412 e. The fourth-order valence-corrected chi connectivity index (χ4v) is 17.5. The number of fused-ring (bicyclic) bond motifs is 3. The Morgan fingerprint density at radius 1 is 0.218 bits per heavy atom. The predicted octanol–water partition coefficient (Wildman–Crippen LogP) is 30.7. The van der Waals surface area contributed by atoms with E-state index >= 15 is 0 Å². The van der Waals surface area contributed by atoms with Crippen molar-refractivity contribution in [1.82, 2.24) is 0 Å². The zero-order valence-electron chi connectivity index (χ0n) is 84.7. The van der Waals surface area contributed by atoms with Gasteiger partial charge in [-0.15, -0.1) is 0 Å². The second-order valence-electron chi connectivity index (χ2n) is 35.9. The normalized spacial score (nSPS) is 16.5. The van der Waals surface area contributed by atoms with Gasteiger partial charge in [-0.1, -0.05) is 155 Å². The van der Waals surface area contributed by atoms with Crippen molar-refractivity contribution in [2.24, 2.45) is 0 Å². The van der Waals surface area contributed by atoms with E-state index in [9.17, 15) is 50.4 Å². The quantitative estimate of drug-likeness (QED) is 0.0150. The van der Waals surface area contributed by atoms with E-state index < -0.39 is 15.6 Å². The number of piperazine rings is 3. The van der Waals surface area contributed by atoms with Gasteiger partial charge in [0.05, 0.1) is 132 Å². The molecule has 4 heterocycles. The van der Waals surface area contributed by atoms with Gasteiger partial charge < -0.3 is 95.7 Å². The molecule has 142 heavy (non-hydrogen) atoms. The standard InChI is InChI=1S/C80H104O12.C28H42N2O4.2F6P.2H2O/c1-9-17-41-85-73-33-25-58-57-26-34-74(86-42-18-10-2)66(58)51-82-52-68-61-29-38-78(90-46-22-14-6)70(62(61)30-37-77(68)89-45-21-13-5)55-84-56-72-64-32-39-79(91-47-23-15-7)71(63(64)31-40-80(72)92-48-24-16-8)54-83-53-69-60-28-35-75(87-43-19-11-3)67(50-81-49-65(57)73)59(60)27-36-76(69)88-44-20-12-4;1-5-31-25-15-23(16-26(19-25)32-6-2)21-29-9-12-30(13-10-29,14-11-29)22-24-17-27(33-7-3)20-28(18-24)34-8-4;2*1-7(2,3,4,5)6;;/h25-40H,9-24,41-56H2,1-8H3;15-20H,5-14,21-22H2,1-4H3;;;2*1H2/q;+2;2*-1;;. The number of unbranched alkanes of at least 4 members (excludes halogenated alkanes) is 8. The van der Waals surface area contributed by atoms with Crippen molar-refractivity contribution in [2.75, 3.05) is 119 Å². The van der Waals surface area contributed by atoms with Crippen LogP contribution in [0.4, 0.5) is 50.4 Å². The molecule has 3 saturated heterocycles. The molecule has 10 aromatic carbocycles. The number of halogens is 12. The van der Waals surface area contributed by atoms with Gasteiger partial charge in [0.1, 0.15) is 121 Å². The Labute approximate surface area is 829 Å². The third-order valence-corrected chi connectivity index (χ3v) is 24.7. The van der Waals surface area contributed by atoms with Crippen molar-refractivity contribution >= 4 is 58.7 Å². The van der Waals surface area contributed by atoms with Crippen LogP contribution in [0.3, 0.4) is 0 Å². The van der Waals surface area contributed by atoms with E-state index in [0.29, 0.717) is 79.3 Å². The van der Waals surface area contributed by atoms with Gasteiger partial charge in [0.2, 0.25) is 0 Å². The van der Waals surface area contributed by atoms with Gasteiger partial charge in [-0.25, -0.2) is 0 Å². The monoisotopic (exact) mass is 2050 g/mol. The molecule has 0 radical (unpaired) electrons. The number of quaternary nitrogens is 2. The van der Waals surface area contributed by atoms with Gasteiger partial charge in [0.15, 0.2) is 0 Å². The number of rotatable bonds is 44. The first-order chi connectivity index (χ1) is 66.8. The summed E-state index contributed by atoms with van der Waals surface area (Å²) in [4.78, 5) is 0. The molecular formula is C108H150F12N2O18P2. The Morgan fingerprint density at radius 3 is 0.486 bits per heavy atom. The van der Waals surface area contributed by atoms with Crippen LogP contribution < -0.4 is 56.8 Å². The number of nitrogens with zero attached hydrogens (tertiary/aromatic N) is 2. The predicted molar refractivity (Wildman–Crippen MR) is 542 cm³/mol. The zero-order valence-corrected chi connectivity index (χ0v) is 86.5. The van der Waals surface area contributed by atoms with Crippen LogP contribution in [-0.2, 0) is 84.9 Å². The molecule has 4 aliphatic heterocycles. The maximum atomic E-state index is 9.87. The maximum absolute atomic E-state index is 10.7. The van der Waals surface area contributed by atoms with Crippen molar-refractivity contribution in [2.45, 2.75) is 252 Å². The molecule has 0 spiro atoms. The summed E-state index contributed by atoms with van der Waals surface area (Å²) < 4.78 is 226. The van der Waals surface area contributed by atoms with E-state index in [1.54, 1.807) is 0 Å². The van der Waals surface area contributed by atoms with Crippen molar-refractivity contribution < 1.29 is 146 Å². The van der Waals surface area contributed by atoms with Gasteiger partial charge in [-0.05, 0) is 195 Å². The summed E-state index contributed by atoms with van der Waals surface area (Å²) in [6.07, 6.45) is 15.5. The molecule has 20 nitrogen and oxygen atoms in total. The second-order valence-corrected chi connectivity index (χ2v) is 39.8. The first kappa shape index (κ1) is 118. The van der Waals surface area contributed by atoms with Crippen molar-refractivity contribution in [3.8, 4) is 69.0 Å². The average molecular weight is 2050 g/mol. The topological polar surface area (TPSA) is 211 Å². The van der Waals surface area contributed by atoms with Gasteiger partial charge in [0.25, 0.3) is 0 Å². The number of hydrogen-bond acceptors (Lipinski definition) is 16. The van der Waals surface area contributed by atoms with Crippen LogP contribution >= 0.6 is 15.6 Å². The first-order valence-corrected chi connectivity index (χ1v) is 54.1. The molecule has 4 N–H and O–H groups in total. The van der Waals surface area contributed by atoms with Crippen LogP contribution in [-0.4, -0.2) is 138 Å². The van der Waals surface area contributed by atoms with E-state index in [2.05, 4.69) is 177 Å². The largest absolute Gasteiger partial charge is 0.412 e. The minimum absolute atomic E-state index is 0. The average Bonchev–Trinajstić information content (AvgIpc) is 0.755. The number of benzene rings is 10. The van der Waals surface area contributed by atoms with Crippen LogP contribution in [0.25, 0.3) is 43.1 Å². The molecule has 794 valence electrons. The minimum Gasteiger partial charge on any atom is -0.412 e. The van der Waals surface area contributed by atoms with Gasteiger partial charge >= 0.3 is 66.0 Å². The van der Waals surface area contributed by atoms with Crippen LogP contribution in [0.5, 0.6) is 69.0 Å². The molecule has 34 heteroatoms. The van der Waals surface area contributed by atoms with Crippen LogP contribution in [0.2, 0.25) is 0 Å². The molecule has 0 unspecified atom stereocenters.